The molecule has 2 aliphatic heterocycles. The molecule has 132 valence electrons. The van der Waals surface area contributed by atoms with Gasteiger partial charge in [0.05, 0.1) is 23.7 Å². The van der Waals surface area contributed by atoms with E-state index in [1.54, 1.807) is 24.3 Å². The summed E-state index contributed by atoms with van der Waals surface area (Å²) in [7, 11) is 0. The molecule has 0 fully saturated rings. The average molecular weight is 354 g/mol. The molecular weight excluding hydrogens is 336 g/mol. The van der Waals surface area contributed by atoms with Crippen LogP contribution >= 0.6 is 0 Å². The quantitative estimate of drug-likeness (QED) is 0.707. The van der Waals surface area contributed by atoms with Gasteiger partial charge in [0.15, 0.2) is 0 Å². The van der Waals surface area contributed by atoms with Gasteiger partial charge in [-0.1, -0.05) is 54.6 Å². The summed E-state index contributed by atoms with van der Waals surface area (Å²) in [5.74, 6) is -0.431. The van der Waals surface area contributed by atoms with Gasteiger partial charge >= 0.3 is 0 Å². The van der Waals surface area contributed by atoms with Crippen LogP contribution < -0.4 is 5.32 Å². The zero-order valence-electron chi connectivity index (χ0n) is 14.7. The maximum Gasteiger partial charge on any atom is 0.261 e. The number of rotatable bonds is 2. The Bertz CT molecular complexity index is 1040. The molecule has 0 radical (unpaired) electrons. The van der Waals surface area contributed by atoms with E-state index in [1.165, 1.54) is 16.0 Å². The lowest BCUT2D eigenvalue weighted by Crippen LogP contribution is -2.36. The number of carbonyl (C=O) groups is 2. The first kappa shape index (κ1) is 15.8. The monoisotopic (exact) mass is 354 g/mol. The van der Waals surface area contributed by atoms with Gasteiger partial charge in [-0.15, -0.1) is 0 Å². The van der Waals surface area contributed by atoms with Crippen LogP contribution in [-0.2, 0) is 6.42 Å². The topological polar surface area (TPSA) is 49.4 Å². The number of amides is 2. The molecule has 0 unspecified atom stereocenters. The van der Waals surface area contributed by atoms with Crippen molar-refractivity contribution in [3.05, 3.63) is 101 Å². The highest BCUT2D eigenvalue weighted by atomic mass is 16.2. The first-order valence-electron chi connectivity index (χ1n) is 9.10. The van der Waals surface area contributed by atoms with Crippen LogP contribution in [0, 0.1) is 0 Å². The summed E-state index contributed by atoms with van der Waals surface area (Å²) in [6, 6.07) is 23.3. The molecular formula is C23H18N2O2. The molecule has 2 heterocycles. The fourth-order valence-corrected chi connectivity index (χ4v) is 4.05. The molecule has 1 atom stereocenters. The number of nitrogens with one attached hydrogen (secondary N) is 1. The first-order valence-corrected chi connectivity index (χ1v) is 9.10. The van der Waals surface area contributed by atoms with Gasteiger partial charge in [-0.2, -0.15) is 0 Å². The third kappa shape index (κ3) is 2.53. The summed E-state index contributed by atoms with van der Waals surface area (Å²) in [6.07, 6.45) is 0.831. The van der Waals surface area contributed by atoms with Gasteiger partial charge in [-0.25, -0.2) is 0 Å². The number of para-hydroxylation sites is 1. The molecule has 1 N–H and O–H groups in total. The standard InChI is InChI=1S/C23H18N2O2/c26-22-18-10-4-5-11-19(18)23(27)25(22)14-21-17-9-3-1-7-15(17)13-16-8-2-6-12-20(16)24-21/h1-12,21,24H,13-14H2/t21-/m0/s1. The van der Waals surface area contributed by atoms with Crippen LogP contribution in [0.4, 0.5) is 5.69 Å². The molecule has 3 aromatic carbocycles. The minimum atomic E-state index is -0.215. The van der Waals surface area contributed by atoms with Crippen molar-refractivity contribution < 1.29 is 9.59 Å². The highest BCUT2D eigenvalue weighted by molar-refractivity contribution is 6.21. The lowest BCUT2D eigenvalue weighted by Gasteiger charge is -2.25. The van der Waals surface area contributed by atoms with Gasteiger partial charge in [0, 0.05) is 5.69 Å². The Morgan fingerprint density at radius 1 is 0.778 bits per heavy atom. The number of carbonyl (C=O) groups excluding carboxylic acids is 2. The van der Waals surface area contributed by atoms with Crippen molar-refractivity contribution in [1.82, 2.24) is 4.90 Å². The van der Waals surface area contributed by atoms with Gasteiger partial charge in [-0.05, 0) is 41.3 Å². The van der Waals surface area contributed by atoms with E-state index in [0.29, 0.717) is 17.7 Å². The second-order valence-electron chi connectivity index (χ2n) is 7.00. The van der Waals surface area contributed by atoms with Crippen LogP contribution in [0.2, 0.25) is 0 Å². The zero-order chi connectivity index (χ0) is 18.4. The molecule has 0 bridgehead atoms. The van der Waals surface area contributed by atoms with Crippen molar-refractivity contribution >= 4 is 17.5 Å². The number of imide groups is 1. The van der Waals surface area contributed by atoms with Crippen LogP contribution in [0.5, 0.6) is 0 Å². The van der Waals surface area contributed by atoms with E-state index in [-0.39, 0.29) is 17.9 Å². The van der Waals surface area contributed by atoms with E-state index >= 15 is 0 Å². The second-order valence-corrected chi connectivity index (χ2v) is 7.00. The van der Waals surface area contributed by atoms with E-state index in [4.69, 9.17) is 0 Å². The van der Waals surface area contributed by atoms with Crippen molar-refractivity contribution in [2.24, 2.45) is 0 Å². The van der Waals surface area contributed by atoms with Crippen LogP contribution in [0.1, 0.15) is 43.4 Å². The highest BCUT2D eigenvalue weighted by Crippen LogP contribution is 2.34. The smallest absolute Gasteiger partial charge is 0.261 e. The van der Waals surface area contributed by atoms with Crippen LogP contribution in [0.3, 0.4) is 0 Å². The van der Waals surface area contributed by atoms with Gasteiger partial charge in [-0.3, -0.25) is 14.5 Å². The molecule has 0 aliphatic carbocycles. The van der Waals surface area contributed by atoms with Crippen molar-refractivity contribution in [3.8, 4) is 0 Å². The number of anilines is 1. The summed E-state index contributed by atoms with van der Waals surface area (Å²) >= 11 is 0. The summed E-state index contributed by atoms with van der Waals surface area (Å²) in [5.41, 5.74) is 5.60. The van der Waals surface area contributed by atoms with Crippen molar-refractivity contribution in [1.29, 1.82) is 0 Å². The zero-order valence-corrected chi connectivity index (χ0v) is 14.7. The maximum absolute atomic E-state index is 12.8. The second kappa shape index (κ2) is 6.09. The molecule has 27 heavy (non-hydrogen) atoms. The number of benzene rings is 3. The molecule has 0 aromatic heterocycles. The maximum atomic E-state index is 12.8. The first-order chi connectivity index (χ1) is 13.2. The van der Waals surface area contributed by atoms with E-state index in [1.807, 2.05) is 24.3 Å². The van der Waals surface area contributed by atoms with E-state index < -0.39 is 0 Å². The molecule has 0 saturated heterocycles. The fourth-order valence-electron chi connectivity index (χ4n) is 4.05. The Morgan fingerprint density at radius 2 is 1.37 bits per heavy atom. The Morgan fingerprint density at radius 3 is 2.11 bits per heavy atom. The SMILES string of the molecule is O=C1c2ccccc2C(=O)N1C[C@@H]1Nc2ccccc2Cc2ccccc21. The Balaban J connectivity index is 1.54. The molecule has 2 amide bonds. The Labute approximate surface area is 157 Å². The molecule has 5 rings (SSSR count). The van der Waals surface area contributed by atoms with E-state index in [0.717, 1.165) is 17.7 Å². The van der Waals surface area contributed by atoms with E-state index in [9.17, 15) is 9.59 Å². The summed E-state index contributed by atoms with van der Waals surface area (Å²) < 4.78 is 0. The Kier molecular flexibility index (Phi) is 3.57. The predicted octanol–water partition coefficient (Wildman–Crippen LogP) is 4.04. The van der Waals surface area contributed by atoms with Gasteiger partial charge in [0.2, 0.25) is 0 Å². The van der Waals surface area contributed by atoms with Crippen LogP contribution in [-0.4, -0.2) is 23.3 Å². The normalized spacial score (nSPS) is 17.6. The number of hydrogen-bond donors (Lipinski definition) is 1. The third-order valence-electron chi connectivity index (χ3n) is 5.40. The number of nitrogens with zero attached hydrogens (tertiary/aromatic N) is 1. The van der Waals surface area contributed by atoms with Gasteiger partial charge in [0.1, 0.15) is 0 Å². The lowest BCUT2D eigenvalue weighted by atomic mass is 9.97. The van der Waals surface area contributed by atoms with Crippen molar-refractivity contribution in [2.75, 3.05) is 11.9 Å². The van der Waals surface area contributed by atoms with Gasteiger partial charge < -0.3 is 5.32 Å². The number of hydrogen-bond acceptors (Lipinski definition) is 3. The van der Waals surface area contributed by atoms with Crippen molar-refractivity contribution in [2.45, 2.75) is 12.5 Å². The molecule has 4 nitrogen and oxygen atoms in total. The average Bonchev–Trinajstić information content (AvgIpc) is 2.86. The molecule has 2 aliphatic rings. The summed E-state index contributed by atoms with van der Waals surface area (Å²) in [4.78, 5) is 27.0. The highest BCUT2D eigenvalue weighted by Gasteiger charge is 2.37. The largest absolute Gasteiger partial charge is 0.376 e. The van der Waals surface area contributed by atoms with Gasteiger partial charge in [0.25, 0.3) is 11.8 Å². The van der Waals surface area contributed by atoms with Crippen LogP contribution in [0.25, 0.3) is 0 Å². The minimum absolute atomic E-state index is 0.146. The molecule has 0 spiro atoms. The molecule has 4 heteroatoms. The van der Waals surface area contributed by atoms with Crippen molar-refractivity contribution in [3.63, 3.8) is 0 Å². The Hall–Kier alpha value is -3.40. The predicted molar refractivity (Wildman–Crippen MR) is 104 cm³/mol. The molecule has 3 aromatic rings. The van der Waals surface area contributed by atoms with Crippen LogP contribution in [0.15, 0.2) is 72.8 Å². The third-order valence-corrected chi connectivity index (χ3v) is 5.40. The summed E-state index contributed by atoms with van der Waals surface area (Å²) in [5, 5.41) is 3.56. The lowest BCUT2D eigenvalue weighted by molar-refractivity contribution is 0.0648. The number of fused-ring (bicyclic) bond motifs is 3. The minimum Gasteiger partial charge on any atom is -0.376 e. The summed E-state index contributed by atoms with van der Waals surface area (Å²) in [6.45, 7) is 0.303. The van der Waals surface area contributed by atoms with E-state index in [2.05, 4.69) is 29.6 Å². The molecule has 0 saturated carbocycles. The fraction of sp³-hybridized carbons (Fsp3) is 0.130.